The van der Waals surface area contributed by atoms with Gasteiger partial charge in [-0.3, -0.25) is 14.7 Å². The zero-order valence-corrected chi connectivity index (χ0v) is 28.0. The molecule has 47 heavy (non-hydrogen) atoms. The van der Waals surface area contributed by atoms with Gasteiger partial charge in [-0.2, -0.15) is 0 Å². The first-order valence-electron chi connectivity index (χ1n) is 15.4. The van der Waals surface area contributed by atoms with Crippen molar-refractivity contribution in [3.8, 4) is 45.4 Å². The maximum Gasteiger partial charge on any atom is 0.224 e. The number of benzene rings is 2. The number of nitrogens with zero attached hydrogens (tertiary/aromatic N) is 5. The minimum Gasteiger partial charge on any atom is -0.481 e. The first kappa shape index (κ1) is 32.7. The van der Waals surface area contributed by atoms with Gasteiger partial charge in [0.15, 0.2) is 0 Å². The predicted molar refractivity (Wildman–Crippen MR) is 184 cm³/mol. The summed E-state index contributed by atoms with van der Waals surface area (Å²) in [5.74, 6) is 1.68. The number of halogens is 2. The molecule has 244 valence electrons. The zero-order chi connectivity index (χ0) is 33.1. The highest BCUT2D eigenvalue weighted by atomic mass is 35.5. The van der Waals surface area contributed by atoms with Crippen LogP contribution in [0.15, 0.2) is 65.7 Å². The normalized spacial score (nSPS) is 16.5. The van der Waals surface area contributed by atoms with Crippen LogP contribution >= 0.6 is 23.2 Å². The van der Waals surface area contributed by atoms with Crippen LogP contribution in [-0.4, -0.2) is 96.2 Å². The SMILES string of the molecule is COc1nc(-c2cccc(-c3cccc(-c4ccc(C5=NC[C@H](CO)N5)c(OC)n4)c3Cl)c2Cl)ccc1CN1CCN(C(C)=O)CC1. The van der Waals surface area contributed by atoms with Crippen LogP contribution in [0.3, 0.4) is 0 Å². The molecule has 0 bridgehead atoms. The van der Waals surface area contributed by atoms with Gasteiger partial charge in [-0.25, -0.2) is 9.97 Å². The van der Waals surface area contributed by atoms with Gasteiger partial charge >= 0.3 is 0 Å². The molecule has 1 fully saturated rings. The molecule has 0 radical (unpaired) electrons. The molecule has 6 rings (SSSR count). The molecule has 4 heterocycles. The van der Waals surface area contributed by atoms with Crippen molar-refractivity contribution in [3.63, 3.8) is 0 Å². The Bertz CT molecular complexity index is 1830. The van der Waals surface area contributed by atoms with E-state index in [9.17, 15) is 9.90 Å². The molecule has 2 aliphatic heterocycles. The minimum absolute atomic E-state index is 0.0102. The summed E-state index contributed by atoms with van der Waals surface area (Å²) in [7, 11) is 3.18. The van der Waals surface area contributed by atoms with Crippen LogP contribution in [0.4, 0.5) is 0 Å². The van der Waals surface area contributed by atoms with Crippen LogP contribution in [0.2, 0.25) is 10.0 Å². The lowest BCUT2D eigenvalue weighted by atomic mass is 9.98. The second-order valence-corrected chi connectivity index (χ2v) is 12.2. The number of ether oxygens (including phenoxy) is 2. The number of aliphatic hydroxyl groups excluding tert-OH is 1. The first-order chi connectivity index (χ1) is 22.8. The third kappa shape index (κ3) is 6.78. The van der Waals surface area contributed by atoms with Crippen LogP contribution < -0.4 is 14.8 Å². The van der Waals surface area contributed by atoms with E-state index in [0.717, 1.165) is 40.9 Å². The predicted octanol–water partition coefficient (Wildman–Crippen LogP) is 5.18. The summed E-state index contributed by atoms with van der Waals surface area (Å²) in [6.45, 7) is 5.77. The molecule has 2 aromatic heterocycles. The maximum atomic E-state index is 11.7. The van der Waals surface area contributed by atoms with Gasteiger partial charge < -0.3 is 24.8 Å². The number of rotatable bonds is 9. The van der Waals surface area contributed by atoms with Gasteiger partial charge in [0.2, 0.25) is 17.7 Å². The van der Waals surface area contributed by atoms with E-state index in [2.05, 4.69) is 15.2 Å². The van der Waals surface area contributed by atoms with Crippen molar-refractivity contribution in [2.75, 3.05) is 53.6 Å². The van der Waals surface area contributed by atoms with Crippen LogP contribution in [0.1, 0.15) is 18.1 Å². The number of hydrogen-bond acceptors (Lipinski definition) is 9. The number of hydrogen-bond donors (Lipinski definition) is 2. The molecule has 0 spiro atoms. The average Bonchev–Trinajstić information content (AvgIpc) is 3.58. The number of aliphatic imine (C=N–C) groups is 1. The largest absolute Gasteiger partial charge is 0.481 e. The van der Waals surface area contributed by atoms with E-state index >= 15 is 0 Å². The number of carbonyl (C=O) groups is 1. The number of carbonyl (C=O) groups excluding carboxylic acids is 1. The van der Waals surface area contributed by atoms with E-state index in [1.807, 2.05) is 65.6 Å². The number of nitrogens with one attached hydrogen (secondary N) is 1. The molecule has 2 aromatic carbocycles. The molecule has 1 saturated heterocycles. The van der Waals surface area contributed by atoms with Crippen molar-refractivity contribution < 1.29 is 19.4 Å². The summed E-state index contributed by atoms with van der Waals surface area (Å²) in [5, 5.41) is 13.7. The molecular weight excluding hydrogens is 639 g/mol. The van der Waals surface area contributed by atoms with Crippen molar-refractivity contribution in [1.82, 2.24) is 25.1 Å². The summed E-state index contributed by atoms with van der Waals surface area (Å²) in [6, 6.07) is 19.2. The Labute approximate surface area is 284 Å². The second kappa shape index (κ2) is 14.3. The lowest BCUT2D eigenvalue weighted by Gasteiger charge is -2.34. The Morgan fingerprint density at radius 3 is 1.96 bits per heavy atom. The molecule has 2 N–H and O–H groups in total. The molecule has 0 saturated carbocycles. The summed E-state index contributed by atoms with van der Waals surface area (Å²) in [5.41, 5.74) is 5.97. The summed E-state index contributed by atoms with van der Waals surface area (Å²) in [6.07, 6.45) is 0. The van der Waals surface area contributed by atoms with Gasteiger partial charge in [0.1, 0.15) is 5.84 Å². The Hall–Kier alpha value is -4.22. The van der Waals surface area contributed by atoms with Crippen molar-refractivity contribution in [2.45, 2.75) is 19.5 Å². The smallest absolute Gasteiger partial charge is 0.224 e. The number of aliphatic hydroxyl groups is 1. The fourth-order valence-corrected chi connectivity index (χ4v) is 6.58. The quantitative estimate of drug-likeness (QED) is 0.250. The Balaban J connectivity index is 1.27. The topological polar surface area (TPSA) is 112 Å². The fourth-order valence-electron chi connectivity index (χ4n) is 5.93. The molecule has 1 atom stereocenters. The molecule has 12 heteroatoms. The van der Waals surface area contributed by atoms with Crippen molar-refractivity contribution >= 4 is 34.9 Å². The summed E-state index contributed by atoms with van der Waals surface area (Å²) < 4.78 is 11.3. The molecule has 10 nitrogen and oxygen atoms in total. The molecule has 2 aliphatic rings. The van der Waals surface area contributed by atoms with Gasteiger partial charge in [0.05, 0.1) is 60.4 Å². The number of methoxy groups -OCH3 is 2. The fraction of sp³-hybridized carbons (Fsp3) is 0.314. The number of pyridine rings is 2. The van der Waals surface area contributed by atoms with Gasteiger partial charge in [0.25, 0.3) is 0 Å². The summed E-state index contributed by atoms with van der Waals surface area (Å²) in [4.78, 5) is 30.0. The van der Waals surface area contributed by atoms with E-state index in [-0.39, 0.29) is 18.6 Å². The van der Waals surface area contributed by atoms with Crippen molar-refractivity contribution in [2.24, 2.45) is 4.99 Å². The lowest BCUT2D eigenvalue weighted by molar-refractivity contribution is -0.130. The van der Waals surface area contributed by atoms with Gasteiger partial charge in [-0.05, 0) is 18.2 Å². The summed E-state index contributed by atoms with van der Waals surface area (Å²) >= 11 is 14.2. The zero-order valence-electron chi connectivity index (χ0n) is 26.5. The third-order valence-electron chi connectivity index (χ3n) is 8.52. The van der Waals surface area contributed by atoms with Crippen molar-refractivity contribution in [3.05, 3.63) is 81.8 Å². The molecule has 0 unspecified atom stereocenters. The number of amidine groups is 1. The molecule has 4 aromatic rings. The Kier molecular flexibility index (Phi) is 9.93. The molecular formula is C35H36Cl2N6O4. The van der Waals surface area contributed by atoms with Crippen LogP contribution in [0, 0.1) is 0 Å². The lowest BCUT2D eigenvalue weighted by Crippen LogP contribution is -2.47. The third-order valence-corrected chi connectivity index (χ3v) is 9.34. The van der Waals surface area contributed by atoms with Gasteiger partial charge in [-0.15, -0.1) is 0 Å². The number of aromatic nitrogens is 2. The van der Waals surface area contributed by atoms with Crippen LogP contribution in [0.5, 0.6) is 11.8 Å². The maximum absolute atomic E-state index is 11.7. The molecule has 1 amide bonds. The first-order valence-corrected chi connectivity index (χ1v) is 16.1. The number of piperazine rings is 1. The van der Waals surface area contributed by atoms with Crippen LogP contribution in [-0.2, 0) is 11.3 Å². The van der Waals surface area contributed by atoms with E-state index in [4.69, 9.17) is 42.6 Å². The second-order valence-electron chi connectivity index (χ2n) is 11.4. The van der Waals surface area contributed by atoms with E-state index in [1.54, 1.807) is 21.1 Å². The Morgan fingerprint density at radius 2 is 1.40 bits per heavy atom. The van der Waals surface area contributed by atoms with Gasteiger partial charge in [-0.1, -0.05) is 65.7 Å². The molecule has 0 aliphatic carbocycles. The monoisotopic (exact) mass is 674 g/mol. The standard InChI is InChI=1S/C35H36Cl2N6O4/c1-21(45)43-16-14-42(15-17-43)19-22-10-12-29(40-34(22)46-2)26-8-4-6-24(31(26)36)25-7-5-9-27(32(25)37)30-13-11-28(35(41-30)47-3)33-38-18-23(20-44)39-33/h4-13,23,44H,14-20H2,1-3H3,(H,38,39)/t23-/m1/s1. The van der Waals surface area contributed by atoms with Crippen LogP contribution in [0.25, 0.3) is 33.6 Å². The Morgan fingerprint density at radius 1 is 0.830 bits per heavy atom. The van der Waals surface area contributed by atoms with Gasteiger partial charge in [0, 0.05) is 67.5 Å². The van der Waals surface area contributed by atoms with E-state index < -0.39 is 0 Å². The minimum atomic E-state index is -0.129. The van der Waals surface area contributed by atoms with E-state index in [0.29, 0.717) is 70.8 Å². The highest BCUT2D eigenvalue weighted by molar-refractivity contribution is 6.39. The number of amides is 1. The van der Waals surface area contributed by atoms with Crippen molar-refractivity contribution in [1.29, 1.82) is 0 Å². The average molecular weight is 676 g/mol. The van der Waals surface area contributed by atoms with E-state index in [1.165, 1.54) is 0 Å². The highest BCUT2D eigenvalue weighted by Crippen LogP contribution is 2.42. The highest BCUT2D eigenvalue weighted by Gasteiger charge is 2.24.